The van der Waals surface area contributed by atoms with E-state index in [1.54, 1.807) is 16.9 Å². The summed E-state index contributed by atoms with van der Waals surface area (Å²) >= 11 is 0. The van der Waals surface area contributed by atoms with Crippen LogP contribution in [0.1, 0.15) is 36.0 Å². The molecule has 2 heterocycles. The van der Waals surface area contributed by atoms with Crippen LogP contribution in [0.5, 0.6) is 11.5 Å². The highest BCUT2D eigenvalue weighted by atomic mass is 16.5. The van der Waals surface area contributed by atoms with Gasteiger partial charge in [-0.2, -0.15) is 0 Å². The Labute approximate surface area is 146 Å². The molecule has 0 aromatic heterocycles. The Morgan fingerprint density at radius 3 is 2.48 bits per heavy atom. The monoisotopic (exact) mass is 348 g/mol. The molecule has 2 aliphatic rings. The number of benzene rings is 1. The second-order valence-electron chi connectivity index (χ2n) is 6.65. The fraction of sp³-hybridized carbons (Fsp3) is 0.556. The molecule has 136 valence electrons. The van der Waals surface area contributed by atoms with Crippen LogP contribution in [0.2, 0.25) is 0 Å². The summed E-state index contributed by atoms with van der Waals surface area (Å²) in [6.07, 6.45) is 2.75. The van der Waals surface area contributed by atoms with Gasteiger partial charge in [-0.3, -0.25) is 9.59 Å². The Kier molecular flexibility index (Phi) is 4.85. The first-order chi connectivity index (χ1) is 12.0. The number of likely N-dealkylation sites (tertiary alicyclic amines) is 2. The number of hydrogen-bond donors (Lipinski definition) is 2. The normalized spacial score (nSPS) is 23.5. The van der Waals surface area contributed by atoms with Gasteiger partial charge in [0.2, 0.25) is 5.91 Å². The van der Waals surface area contributed by atoms with Gasteiger partial charge < -0.3 is 24.7 Å². The average molecular weight is 348 g/mol. The van der Waals surface area contributed by atoms with E-state index in [1.165, 1.54) is 18.2 Å². The predicted molar refractivity (Wildman–Crippen MR) is 90.5 cm³/mol. The van der Waals surface area contributed by atoms with Gasteiger partial charge in [0.05, 0.1) is 6.61 Å². The van der Waals surface area contributed by atoms with Crippen molar-refractivity contribution in [1.82, 2.24) is 9.80 Å². The largest absolute Gasteiger partial charge is 0.507 e. The lowest BCUT2D eigenvalue weighted by Crippen LogP contribution is -2.61. The van der Waals surface area contributed by atoms with Gasteiger partial charge in [-0.05, 0) is 37.8 Å². The Morgan fingerprint density at radius 2 is 1.84 bits per heavy atom. The van der Waals surface area contributed by atoms with Crippen LogP contribution in [-0.4, -0.2) is 70.7 Å². The van der Waals surface area contributed by atoms with Crippen LogP contribution in [0, 0.1) is 0 Å². The van der Waals surface area contributed by atoms with Gasteiger partial charge in [-0.25, -0.2) is 0 Å². The summed E-state index contributed by atoms with van der Waals surface area (Å²) in [5, 5.41) is 20.0. The van der Waals surface area contributed by atoms with Crippen molar-refractivity contribution in [3.63, 3.8) is 0 Å². The summed E-state index contributed by atoms with van der Waals surface area (Å²) in [7, 11) is 1.59. The minimum Gasteiger partial charge on any atom is -0.507 e. The van der Waals surface area contributed by atoms with Crippen molar-refractivity contribution in [1.29, 1.82) is 0 Å². The topological polar surface area (TPSA) is 90.3 Å². The zero-order chi connectivity index (χ0) is 18.0. The van der Waals surface area contributed by atoms with Crippen molar-refractivity contribution in [3.8, 4) is 11.5 Å². The highest BCUT2D eigenvalue weighted by Crippen LogP contribution is 2.41. The smallest absolute Gasteiger partial charge is 0.262 e. The number of phenolic OH excluding ortho intramolecular Hbond substituents is 2. The molecule has 2 N–H and O–H groups in total. The summed E-state index contributed by atoms with van der Waals surface area (Å²) in [5.41, 5.74) is -1.01. The zero-order valence-corrected chi connectivity index (χ0v) is 14.4. The molecule has 25 heavy (non-hydrogen) atoms. The maximum Gasteiger partial charge on any atom is 0.262 e. The Bertz CT molecular complexity index is 657. The van der Waals surface area contributed by atoms with E-state index in [1.807, 2.05) is 0 Å². The van der Waals surface area contributed by atoms with Crippen molar-refractivity contribution in [2.75, 3.05) is 33.4 Å². The summed E-state index contributed by atoms with van der Waals surface area (Å²) in [4.78, 5) is 29.5. The van der Waals surface area contributed by atoms with E-state index >= 15 is 0 Å². The molecular weight excluding hydrogens is 324 g/mol. The quantitative estimate of drug-likeness (QED) is 0.857. The number of rotatable bonds is 4. The molecule has 0 bridgehead atoms. The van der Waals surface area contributed by atoms with Crippen molar-refractivity contribution in [2.45, 2.75) is 31.2 Å². The number of nitrogens with zero attached hydrogens (tertiary/aromatic N) is 2. The van der Waals surface area contributed by atoms with E-state index in [0.29, 0.717) is 39.1 Å². The SMILES string of the molecule is COCCN1CCCC2(CCCN2C(=O)c2c(O)cccc2O)C1=O. The van der Waals surface area contributed by atoms with Crippen LogP contribution >= 0.6 is 0 Å². The second kappa shape index (κ2) is 6.92. The number of hydrogen-bond acceptors (Lipinski definition) is 5. The molecule has 0 radical (unpaired) electrons. The molecular formula is C18H24N2O5. The maximum absolute atomic E-state index is 13.1. The lowest BCUT2D eigenvalue weighted by molar-refractivity contribution is -0.146. The van der Waals surface area contributed by atoms with Crippen LogP contribution in [0.3, 0.4) is 0 Å². The van der Waals surface area contributed by atoms with E-state index < -0.39 is 11.4 Å². The van der Waals surface area contributed by atoms with Crippen LogP contribution in [0.25, 0.3) is 0 Å². The van der Waals surface area contributed by atoms with Crippen molar-refractivity contribution in [3.05, 3.63) is 23.8 Å². The minimum absolute atomic E-state index is 0.0587. The first-order valence-corrected chi connectivity index (χ1v) is 8.62. The summed E-state index contributed by atoms with van der Waals surface area (Å²) in [6.45, 7) is 2.06. The molecule has 2 saturated heterocycles. The van der Waals surface area contributed by atoms with Gasteiger partial charge in [0.1, 0.15) is 22.6 Å². The number of aromatic hydroxyl groups is 2. The number of methoxy groups -OCH3 is 1. The van der Waals surface area contributed by atoms with Gasteiger partial charge >= 0.3 is 0 Å². The first-order valence-electron chi connectivity index (χ1n) is 8.62. The molecule has 1 aromatic carbocycles. The van der Waals surface area contributed by atoms with Gasteiger partial charge in [0, 0.05) is 26.7 Å². The van der Waals surface area contributed by atoms with Crippen LogP contribution in [0.4, 0.5) is 0 Å². The molecule has 2 fully saturated rings. The third-order valence-corrected chi connectivity index (χ3v) is 5.24. The van der Waals surface area contributed by atoms with Crippen molar-refractivity contribution < 1.29 is 24.5 Å². The van der Waals surface area contributed by atoms with Gasteiger partial charge in [0.25, 0.3) is 5.91 Å². The molecule has 7 nitrogen and oxygen atoms in total. The fourth-order valence-electron chi connectivity index (χ4n) is 4.02. The molecule has 0 saturated carbocycles. The number of ether oxygens (including phenoxy) is 1. The average Bonchev–Trinajstić information content (AvgIpc) is 3.00. The molecule has 3 rings (SSSR count). The Morgan fingerprint density at radius 1 is 1.20 bits per heavy atom. The second-order valence-corrected chi connectivity index (χ2v) is 6.65. The molecule has 2 amide bonds. The molecule has 1 atom stereocenters. The van der Waals surface area contributed by atoms with Gasteiger partial charge in [0.15, 0.2) is 0 Å². The summed E-state index contributed by atoms with van der Waals surface area (Å²) in [5.74, 6) is -1.09. The number of carbonyl (C=O) groups is 2. The van der Waals surface area contributed by atoms with Crippen molar-refractivity contribution in [2.24, 2.45) is 0 Å². The van der Waals surface area contributed by atoms with E-state index in [4.69, 9.17) is 4.74 Å². The van der Waals surface area contributed by atoms with Crippen LogP contribution < -0.4 is 0 Å². The van der Waals surface area contributed by atoms with E-state index in [2.05, 4.69) is 0 Å². The number of phenols is 2. The standard InChI is InChI=1S/C18H24N2O5/c1-25-12-11-19-9-3-7-18(17(19)24)8-4-10-20(18)16(23)15-13(21)5-2-6-14(15)22/h2,5-6,21-22H,3-4,7-12H2,1H3. The van der Waals surface area contributed by atoms with Gasteiger partial charge in [-0.1, -0.05) is 6.07 Å². The molecule has 1 unspecified atom stereocenters. The van der Waals surface area contributed by atoms with Crippen molar-refractivity contribution >= 4 is 11.8 Å². The Balaban J connectivity index is 1.91. The minimum atomic E-state index is -0.877. The first kappa shape index (κ1) is 17.5. The molecule has 7 heteroatoms. The third kappa shape index (κ3) is 2.93. The highest BCUT2D eigenvalue weighted by Gasteiger charge is 2.53. The molecule has 1 aromatic rings. The van der Waals surface area contributed by atoms with E-state index in [9.17, 15) is 19.8 Å². The fourth-order valence-corrected chi connectivity index (χ4v) is 4.02. The summed E-state index contributed by atoms with van der Waals surface area (Å²) in [6, 6.07) is 4.20. The van der Waals surface area contributed by atoms with Crippen LogP contribution in [-0.2, 0) is 9.53 Å². The molecule has 2 aliphatic heterocycles. The van der Waals surface area contributed by atoms with Gasteiger partial charge in [-0.15, -0.1) is 0 Å². The van der Waals surface area contributed by atoms with E-state index in [0.717, 1.165) is 12.8 Å². The summed E-state index contributed by atoms with van der Waals surface area (Å²) < 4.78 is 5.08. The lowest BCUT2D eigenvalue weighted by atomic mass is 9.85. The number of amides is 2. The highest BCUT2D eigenvalue weighted by molar-refractivity contribution is 6.03. The number of carbonyl (C=O) groups excluding carboxylic acids is 2. The maximum atomic E-state index is 13.1. The Hall–Kier alpha value is -2.28. The predicted octanol–water partition coefficient (Wildman–Crippen LogP) is 1.34. The number of piperidine rings is 1. The molecule has 0 aliphatic carbocycles. The van der Waals surface area contributed by atoms with E-state index in [-0.39, 0.29) is 23.0 Å². The zero-order valence-electron chi connectivity index (χ0n) is 14.4. The molecule has 1 spiro atoms. The lowest BCUT2D eigenvalue weighted by Gasteiger charge is -2.44. The van der Waals surface area contributed by atoms with Crippen LogP contribution in [0.15, 0.2) is 18.2 Å². The third-order valence-electron chi connectivity index (χ3n) is 5.24.